The highest BCUT2D eigenvalue weighted by Crippen LogP contribution is 2.27. The Kier molecular flexibility index (Phi) is 2.54. The molecule has 0 atom stereocenters. The molecule has 0 spiro atoms. The second-order valence-electron chi connectivity index (χ2n) is 4.83. The zero-order valence-electron chi connectivity index (χ0n) is 9.78. The highest BCUT2D eigenvalue weighted by molar-refractivity contribution is 6.17. The molecule has 0 fully saturated rings. The van der Waals surface area contributed by atoms with E-state index in [1.807, 2.05) is 39.0 Å². The van der Waals surface area contributed by atoms with E-state index in [-0.39, 0.29) is 5.97 Å². The molecule has 1 heterocycles. The quantitative estimate of drug-likeness (QED) is 0.678. The number of nitrogens with zero attached hydrogens (tertiary/aromatic N) is 1. The SMILES string of the molecule is CC(C)(C)OC(=O)C1=CCc2cccnc21. The molecule has 0 N–H and O–H groups in total. The lowest BCUT2D eigenvalue weighted by Crippen LogP contribution is -2.24. The number of fused-ring (bicyclic) bond motifs is 1. The van der Waals surface area contributed by atoms with Crippen LogP contribution in [0.2, 0.25) is 0 Å². The van der Waals surface area contributed by atoms with Crippen molar-refractivity contribution in [2.75, 3.05) is 0 Å². The third kappa shape index (κ3) is 2.13. The average Bonchev–Trinajstić information content (AvgIpc) is 2.58. The van der Waals surface area contributed by atoms with Crippen LogP contribution in [0, 0.1) is 0 Å². The van der Waals surface area contributed by atoms with Crippen LogP contribution in [0.25, 0.3) is 5.57 Å². The molecule has 0 saturated carbocycles. The summed E-state index contributed by atoms with van der Waals surface area (Å²) in [6, 6.07) is 3.86. The summed E-state index contributed by atoms with van der Waals surface area (Å²) < 4.78 is 5.33. The lowest BCUT2D eigenvalue weighted by molar-refractivity contribution is -0.147. The minimum absolute atomic E-state index is 0.287. The third-order valence-electron chi connectivity index (χ3n) is 2.29. The van der Waals surface area contributed by atoms with Crippen LogP contribution in [0.4, 0.5) is 0 Å². The predicted octanol–water partition coefficient (Wildman–Crippen LogP) is 2.36. The Morgan fingerprint density at radius 1 is 1.44 bits per heavy atom. The smallest absolute Gasteiger partial charge is 0.340 e. The number of ether oxygens (including phenoxy) is 1. The lowest BCUT2D eigenvalue weighted by Gasteiger charge is -2.19. The van der Waals surface area contributed by atoms with Gasteiger partial charge in [0.15, 0.2) is 0 Å². The van der Waals surface area contributed by atoms with E-state index in [1.54, 1.807) is 6.20 Å². The number of carbonyl (C=O) groups is 1. The van der Waals surface area contributed by atoms with Crippen molar-refractivity contribution in [3.8, 4) is 0 Å². The number of hydrogen-bond acceptors (Lipinski definition) is 3. The van der Waals surface area contributed by atoms with Gasteiger partial charge in [0.25, 0.3) is 0 Å². The standard InChI is InChI=1S/C13H15NO2/c1-13(2,3)16-12(15)10-7-6-9-5-4-8-14-11(9)10/h4-5,7-8H,6H2,1-3H3. The van der Waals surface area contributed by atoms with Crippen LogP contribution in [0.1, 0.15) is 32.0 Å². The first kappa shape index (κ1) is 10.9. The molecule has 0 aromatic carbocycles. The van der Waals surface area contributed by atoms with Gasteiger partial charge in [0.1, 0.15) is 5.60 Å². The first-order chi connectivity index (χ1) is 7.47. The van der Waals surface area contributed by atoms with Crippen molar-refractivity contribution in [2.45, 2.75) is 32.8 Å². The molecular formula is C13H15NO2. The molecule has 0 amide bonds. The maximum atomic E-state index is 11.9. The molecule has 2 rings (SSSR count). The summed E-state index contributed by atoms with van der Waals surface area (Å²) in [5.74, 6) is -0.287. The molecule has 3 heteroatoms. The van der Waals surface area contributed by atoms with Gasteiger partial charge in [0.05, 0.1) is 11.3 Å². The number of pyridine rings is 1. The van der Waals surface area contributed by atoms with Gasteiger partial charge in [-0.15, -0.1) is 0 Å². The molecule has 0 saturated heterocycles. The Bertz CT molecular complexity index is 455. The van der Waals surface area contributed by atoms with Gasteiger partial charge in [0.2, 0.25) is 0 Å². The molecule has 16 heavy (non-hydrogen) atoms. The van der Waals surface area contributed by atoms with Crippen molar-refractivity contribution in [1.29, 1.82) is 0 Å². The normalized spacial score (nSPS) is 14.3. The molecule has 1 aromatic heterocycles. The molecule has 1 aliphatic rings. The van der Waals surface area contributed by atoms with E-state index in [9.17, 15) is 4.79 Å². The number of esters is 1. The van der Waals surface area contributed by atoms with Gasteiger partial charge in [0, 0.05) is 6.20 Å². The minimum Gasteiger partial charge on any atom is -0.456 e. The molecule has 1 aliphatic carbocycles. The number of allylic oxidation sites excluding steroid dienone is 1. The topological polar surface area (TPSA) is 39.2 Å². The fourth-order valence-electron chi connectivity index (χ4n) is 1.67. The van der Waals surface area contributed by atoms with Crippen molar-refractivity contribution in [3.05, 3.63) is 35.7 Å². The number of hydrogen-bond donors (Lipinski definition) is 0. The summed E-state index contributed by atoms with van der Waals surface area (Å²) in [4.78, 5) is 16.1. The molecule has 84 valence electrons. The van der Waals surface area contributed by atoms with Gasteiger partial charge in [-0.2, -0.15) is 0 Å². The minimum atomic E-state index is -0.463. The first-order valence-electron chi connectivity index (χ1n) is 5.35. The van der Waals surface area contributed by atoms with Crippen molar-refractivity contribution in [1.82, 2.24) is 4.98 Å². The number of carbonyl (C=O) groups excluding carboxylic acids is 1. The third-order valence-corrected chi connectivity index (χ3v) is 2.29. The van der Waals surface area contributed by atoms with E-state index in [0.717, 1.165) is 17.7 Å². The van der Waals surface area contributed by atoms with Gasteiger partial charge in [-0.3, -0.25) is 4.98 Å². The second-order valence-corrected chi connectivity index (χ2v) is 4.83. The van der Waals surface area contributed by atoms with Gasteiger partial charge in [-0.25, -0.2) is 4.79 Å². The van der Waals surface area contributed by atoms with E-state index >= 15 is 0 Å². The fraction of sp³-hybridized carbons (Fsp3) is 0.385. The first-order valence-corrected chi connectivity index (χ1v) is 5.35. The van der Waals surface area contributed by atoms with Gasteiger partial charge in [-0.05, 0) is 38.8 Å². The summed E-state index contributed by atoms with van der Waals surface area (Å²) in [6.07, 6.45) is 4.34. The Hall–Kier alpha value is -1.64. The Balaban J connectivity index is 2.22. The monoisotopic (exact) mass is 217 g/mol. The van der Waals surface area contributed by atoms with Crippen LogP contribution in [-0.4, -0.2) is 16.6 Å². The molecule has 0 bridgehead atoms. The zero-order chi connectivity index (χ0) is 11.8. The maximum Gasteiger partial charge on any atom is 0.340 e. The van der Waals surface area contributed by atoms with Crippen LogP contribution in [-0.2, 0) is 16.0 Å². The molecular weight excluding hydrogens is 202 g/mol. The van der Waals surface area contributed by atoms with Crippen LogP contribution in [0.15, 0.2) is 24.4 Å². The van der Waals surface area contributed by atoms with E-state index in [4.69, 9.17) is 4.74 Å². The highest BCUT2D eigenvalue weighted by Gasteiger charge is 2.25. The summed E-state index contributed by atoms with van der Waals surface area (Å²) in [7, 11) is 0. The van der Waals surface area contributed by atoms with E-state index in [2.05, 4.69) is 4.98 Å². The molecule has 0 aliphatic heterocycles. The Morgan fingerprint density at radius 2 is 2.19 bits per heavy atom. The van der Waals surface area contributed by atoms with Crippen molar-refractivity contribution >= 4 is 11.5 Å². The summed E-state index contributed by atoms with van der Waals surface area (Å²) >= 11 is 0. The van der Waals surface area contributed by atoms with Gasteiger partial charge < -0.3 is 4.74 Å². The second kappa shape index (κ2) is 3.74. The molecule has 3 nitrogen and oxygen atoms in total. The fourth-order valence-corrected chi connectivity index (χ4v) is 1.67. The van der Waals surface area contributed by atoms with E-state index in [1.165, 1.54) is 0 Å². The van der Waals surface area contributed by atoms with Crippen molar-refractivity contribution in [2.24, 2.45) is 0 Å². The molecule has 0 unspecified atom stereocenters. The summed E-state index contributed by atoms with van der Waals surface area (Å²) in [5, 5.41) is 0. The molecule has 0 radical (unpaired) electrons. The lowest BCUT2D eigenvalue weighted by atomic mass is 10.1. The van der Waals surface area contributed by atoms with Crippen molar-refractivity contribution < 1.29 is 9.53 Å². The highest BCUT2D eigenvalue weighted by atomic mass is 16.6. The van der Waals surface area contributed by atoms with Crippen LogP contribution < -0.4 is 0 Å². The zero-order valence-corrected chi connectivity index (χ0v) is 9.78. The maximum absolute atomic E-state index is 11.9. The van der Waals surface area contributed by atoms with Crippen LogP contribution in [0.3, 0.4) is 0 Å². The van der Waals surface area contributed by atoms with Crippen molar-refractivity contribution in [3.63, 3.8) is 0 Å². The van der Waals surface area contributed by atoms with Gasteiger partial charge in [-0.1, -0.05) is 12.1 Å². The van der Waals surface area contributed by atoms with E-state index < -0.39 is 5.60 Å². The summed E-state index contributed by atoms with van der Waals surface area (Å²) in [5.41, 5.74) is 1.97. The Morgan fingerprint density at radius 3 is 2.88 bits per heavy atom. The van der Waals surface area contributed by atoms with Gasteiger partial charge >= 0.3 is 5.97 Å². The average molecular weight is 217 g/mol. The van der Waals surface area contributed by atoms with Crippen LogP contribution in [0.5, 0.6) is 0 Å². The molecule has 1 aromatic rings. The number of rotatable bonds is 1. The largest absolute Gasteiger partial charge is 0.456 e. The Labute approximate surface area is 95.2 Å². The number of aromatic nitrogens is 1. The summed E-state index contributed by atoms with van der Waals surface area (Å²) in [6.45, 7) is 5.58. The van der Waals surface area contributed by atoms with E-state index in [0.29, 0.717) is 5.57 Å². The van der Waals surface area contributed by atoms with Crippen LogP contribution >= 0.6 is 0 Å². The predicted molar refractivity (Wildman–Crippen MR) is 61.8 cm³/mol.